The second-order valence-corrected chi connectivity index (χ2v) is 6.90. The number of ether oxygens (including phenoxy) is 2. The highest BCUT2D eigenvalue weighted by molar-refractivity contribution is 7.89. The Morgan fingerprint density at radius 2 is 1.46 bits per heavy atom. The summed E-state index contributed by atoms with van der Waals surface area (Å²) < 4.78 is 62.6. The van der Waals surface area contributed by atoms with E-state index in [4.69, 9.17) is 15.2 Å². The summed E-state index contributed by atoms with van der Waals surface area (Å²) >= 11 is 0. The van der Waals surface area contributed by atoms with Crippen LogP contribution in [0.15, 0.2) is 53.4 Å². The van der Waals surface area contributed by atoms with E-state index in [0.29, 0.717) is 17.2 Å². The zero-order valence-corrected chi connectivity index (χ0v) is 15.4. The largest absolute Gasteiger partial charge is 0.497 e. The van der Waals surface area contributed by atoms with E-state index in [2.05, 4.69) is 0 Å². The van der Waals surface area contributed by atoms with Gasteiger partial charge in [-0.25, -0.2) is 21.9 Å². The van der Waals surface area contributed by atoms with Gasteiger partial charge < -0.3 is 15.2 Å². The average Bonchev–Trinajstić information content (AvgIpc) is 2.61. The van der Waals surface area contributed by atoms with Crippen molar-refractivity contribution in [3.05, 3.63) is 48.5 Å². The van der Waals surface area contributed by atoms with Crippen LogP contribution >= 0.6 is 12.4 Å². The van der Waals surface area contributed by atoms with Gasteiger partial charge in [-0.05, 0) is 48.5 Å². The number of halogens is 3. The highest BCUT2D eigenvalue weighted by atomic mass is 35.5. The highest BCUT2D eigenvalue weighted by Gasteiger charge is 2.29. The Kier molecular flexibility index (Phi) is 7.76. The summed E-state index contributed by atoms with van der Waals surface area (Å²) in [6.45, 7) is -2.00. The molecule has 2 aromatic carbocycles. The smallest absolute Gasteiger partial charge is 0.273 e. The zero-order valence-electron chi connectivity index (χ0n) is 13.8. The molecule has 0 aliphatic heterocycles. The number of methoxy groups -OCH3 is 1. The molecule has 0 aliphatic rings. The Hall–Kier alpha value is -1.94. The summed E-state index contributed by atoms with van der Waals surface area (Å²) in [5, 5.41) is 0. The second-order valence-electron chi connectivity index (χ2n) is 5.13. The quantitative estimate of drug-likeness (QED) is 0.701. The summed E-state index contributed by atoms with van der Waals surface area (Å²) in [7, 11) is -2.51. The van der Waals surface area contributed by atoms with Gasteiger partial charge in [0.05, 0.1) is 25.1 Å². The van der Waals surface area contributed by atoms with Crippen molar-refractivity contribution in [3.63, 3.8) is 0 Å². The van der Waals surface area contributed by atoms with Crippen LogP contribution in [0.5, 0.6) is 17.2 Å². The van der Waals surface area contributed by atoms with Gasteiger partial charge in [0.25, 0.3) is 5.92 Å². The number of rotatable bonds is 8. The van der Waals surface area contributed by atoms with Crippen LogP contribution in [0.4, 0.5) is 8.78 Å². The molecule has 6 nitrogen and oxygen atoms in total. The van der Waals surface area contributed by atoms with Crippen LogP contribution in [0.3, 0.4) is 0 Å². The van der Waals surface area contributed by atoms with Crippen LogP contribution in [0.1, 0.15) is 0 Å². The van der Waals surface area contributed by atoms with Crippen LogP contribution in [0.25, 0.3) is 0 Å². The molecule has 144 valence electrons. The maximum absolute atomic E-state index is 13.1. The van der Waals surface area contributed by atoms with Crippen LogP contribution in [0.2, 0.25) is 0 Å². The van der Waals surface area contributed by atoms with Crippen LogP contribution in [0, 0.1) is 0 Å². The summed E-state index contributed by atoms with van der Waals surface area (Å²) in [4.78, 5) is -0.151. The normalized spacial score (nSPS) is 11.5. The fraction of sp³-hybridized carbons (Fsp3) is 0.250. The van der Waals surface area contributed by atoms with E-state index in [1.165, 1.54) is 24.3 Å². The van der Waals surface area contributed by atoms with Gasteiger partial charge in [-0.1, -0.05) is 0 Å². The molecule has 0 radical (unpaired) electrons. The van der Waals surface area contributed by atoms with E-state index in [0.717, 1.165) is 0 Å². The molecular weight excluding hydrogens is 390 g/mol. The molecule has 0 spiro atoms. The van der Waals surface area contributed by atoms with Crippen molar-refractivity contribution in [2.45, 2.75) is 10.8 Å². The Bertz CT molecular complexity index is 800. The lowest BCUT2D eigenvalue weighted by atomic mass is 10.3. The molecule has 0 saturated carbocycles. The summed E-state index contributed by atoms with van der Waals surface area (Å²) in [6, 6.07) is 12.2. The van der Waals surface area contributed by atoms with Crippen LogP contribution in [-0.4, -0.2) is 34.5 Å². The Morgan fingerprint density at radius 1 is 1.00 bits per heavy atom. The van der Waals surface area contributed by atoms with E-state index < -0.39 is 29.0 Å². The van der Waals surface area contributed by atoms with Gasteiger partial charge in [0.1, 0.15) is 17.2 Å². The molecule has 0 bridgehead atoms. The first-order valence-corrected chi connectivity index (χ1v) is 8.73. The molecule has 0 aliphatic carbocycles. The van der Waals surface area contributed by atoms with Crippen molar-refractivity contribution in [1.82, 2.24) is 4.72 Å². The van der Waals surface area contributed by atoms with Crippen molar-refractivity contribution in [2.24, 2.45) is 5.73 Å². The molecule has 3 N–H and O–H groups in total. The van der Waals surface area contributed by atoms with Crippen molar-refractivity contribution < 1.29 is 26.7 Å². The van der Waals surface area contributed by atoms with Crippen molar-refractivity contribution in [2.75, 3.05) is 20.2 Å². The van der Waals surface area contributed by atoms with Gasteiger partial charge in [0.15, 0.2) is 0 Å². The van der Waals surface area contributed by atoms with E-state index in [9.17, 15) is 17.2 Å². The van der Waals surface area contributed by atoms with Crippen molar-refractivity contribution in [1.29, 1.82) is 0 Å². The molecule has 10 heteroatoms. The first-order valence-electron chi connectivity index (χ1n) is 7.25. The number of sulfonamides is 1. The number of hydrogen-bond acceptors (Lipinski definition) is 5. The zero-order chi connectivity index (χ0) is 18.5. The second kappa shape index (κ2) is 9.13. The molecule has 0 atom stereocenters. The molecule has 0 amide bonds. The molecule has 2 aromatic rings. The van der Waals surface area contributed by atoms with Gasteiger partial charge >= 0.3 is 0 Å². The van der Waals surface area contributed by atoms with Gasteiger partial charge in [0.2, 0.25) is 10.0 Å². The van der Waals surface area contributed by atoms with E-state index >= 15 is 0 Å². The number of benzene rings is 2. The summed E-state index contributed by atoms with van der Waals surface area (Å²) in [6.07, 6.45) is 0. The molecule has 26 heavy (non-hydrogen) atoms. The van der Waals surface area contributed by atoms with Crippen molar-refractivity contribution in [3.8, 4) is 17.2 Å². The van der Waals surface area contributed by atoms with E-state index in [-0.39, 0.29) is 17.3 Å². The van der Waals surface area contributed by atoms with E-state index in [1.807, 2.05) is 4.72 Å². The van der Waals surface area contributed by atoms with Gasteiger partial charge in [0, 0.05) is 0 Å². The predicted octanol–water partition coefficient (Wildman–Crippen LogP) is 2.78. The first kappa shape index (κ1) is 22.1. The highest BCUT2D eigenvalue weighted by Crippen LogP contribution is 2.25. The fourth-order valence-electron chi connectivity index (χ4n) is 1.82. The van der Waals surface area contributed by atoms with Gasteiger partial charge in [-0.2, -0.15) is 0 Å². The maximum atomic E-state index is 13.1. The molecule has 0 aromatic heterocycles. The summed E-state index contributed by atoms with van der Waals surface area (Å²) in [5.74, 6) is -1.69. The average molecular weight is 409 g/mol. The van der Waals surface area contributed by atoms with E-state index in [1.54, 1.807) is 31.4 Å². The minimum atomic E-state index is -4.06. The third-order valence-electron chi connectivity index (χ3n) is 3.25. The third kappa shape index (κ3) is 6.10. The standard InChI is InChI=1S/C16H18F2N2O4S.ClH/c1-23-12-2-4-13(5-3-12)24-14-6-8-15(9-7-14)25(21,22)20-11-16(17,18)10-19;/h2-9,20H,10-11,19H2,1H3;1H. The number of nitrogens with one attached hydrogen (secondary N) is 1. The number of hydrogen-bond donors (Lipinski definition) is 2. The van der Waals surface area contributed by atoms with Gasteiger partial charge in [-0.3, -0.25) is 0 Å². The monoisotopic (exact) mass is 408 g/mol. The van der Waals surface area contributed by atoms with Gasteiger partial charge in [-0.15, -0.1) is 12.4 Å². The lowest BCUT2D eigenvalue weighted by Gasteiger charge is -2.15. The lowest BCUT2D eigenvalue weighted by molar-refractivity contribution is 0.0170. The van der Waals surface area contributed by atoms with Crippen LogP contribution in [-0.2, 0) is 10.0 Å². The first-order chi connectivity index (χ1) is 11.8. The molecule has 0 saturated heterocycles. The number of alkyl halides is 2. The summed E-state index contributed by atoms with van der Waals surface area (Å²) in [5.41, 5.74) is 4.88. The number of nitrogens with two attached hydrogens (primary N) is 1. The topological polar surface area (TPSA) is 90.6 Å². The van der Waals surface area contributed by atoms with Crippen LogP contribution < -0.4 is 19.9 Å². The van der Waals surface area contributed by atoms with Crippen molar-refractivity contribution >= 4 is 22.4 Å². The molecular formula is C16H19ClF2N2O4S. The molecule has 0 fully saturated rings. The molecule has 0 heterocycles. The molecule has 0 unspecified atom stereocenters. The molecule has 2 rings (SSSR count). The minimum absolute atomic E-state index is 0. The SMILES string of the molecule is COc1ccc(Oc2ccc(S(=O)(=O)NCC(F)(F)CN)cc2)cc1.Cl. The Morgan fingerprint density at radius 3 is 1.92 bits per heavy atom. The third-order valence-corrected chi connectivity index (χ3v) is 4.67. The Labute approximate surface area is 156 Å². The lowest BCUT2D eigenvalue weighted by Crippen LogP contribution is -2.41. The fourth-order valence-corrected chi connectivity index (χ4v) is 2.89. The Balaban J connectivity index is 0.00000338. The minimum Gasteiger partial charge on any atom is -0.497 e. The maximum Gasteiger partial charge on any atom is 0.273 e. The predicted molar refractivity (Wildman–Crippen MR) is 95.9 cm³/mol.